The second-order valence-corrected chi connectivity index (χ2v) is 5.75. The van der Waals surface area contributed by atoms with Gasteiger partial charge in [-0.15, -0.1) is 0 Å². The van der Waals surface area contributed by atoms with Crippen molar-refractivity contribution >= 4 is 60.8 Å². The van der Waals surface area contributed by atoms with Crippen molar-refractivity contribution in [2.45, 2.75) is 63.7 Å². The van der Waals surface area contributed by atoms with Gasteiger partial charge in [0.15, 0.2) is 5.41 Å². The molecule has 0 bridgehead atoms. The molecule has 0 aromatic heterocycles. The Balaban J connectivity index is 0.00000484. The van der Waals surface area contributed by atoms with E-state index in [4.69, 9.17) is 0 Å². The molecule has 0 fully saturated rings. The second kappa shape index (κ2) is 12.1. The van der Waals surface area contributed by atoms with Crippen LogP contribution in [0.2, 0.25) is 0 Å². The summed E-state index contributed by atoms with van der Waals surface area (Å²) < 4.78 is 0. The number of unbranched alkanes of at least 4 members (excludes halogenated alkanes) is 6. The number of benzene rings is 1. The van der Waals surface area contributed by atoms with E-state index in [1.165, 1.54) is 19.3 Å². The molecule has 0 spiro atoms. The molecule has 5 heteroatoms. The fourth-order valence-electron chi connectivity index (χ4n) is 2.77. The molecule has 1 rings (SSSR count). The maximum absolute atomic E-state index is 11.7. The summed E-state index contributed by atoms with van der Waals surface area (Å²) in [7, 11) is 0. The first-order valence-electron chi connectivity index (χ1n) is 8.08. The Labute approximate surface area is 178 Å². The van der Waals surface area contributed by atoms with Crippen molar-refractivity contribution in [3.05, 3.63) is 35.9 Å². The topological polar surface area (TPSA) is 74.6 Å². The van der Waals surface area contributed by atoms with Crippen LogP contribution in [0.1, 0.15) is 63.9 Å². The van der Waals surface area contributed by atoms with Crippen LogP contribution in [0, 0.1) is 0 Å². The standard InChI is InChI=1S/C18H26O4.Ba.2H/c1-2-3-4-5-6-7-11-14-18(16(19)20,17(21)22)15-12-9-8-10-13-15;;;/h8-10,12-13H,2-7,11,14H2,1H3,(H,19,20)(H,21,22);;;. The molecule has 0 atom stereocenters. The molecule has 0 radical (unpaired) electrons. The fourth-order valence-corrected chi connectivity index (χ4v) is 2.77. The molecule has 0 heterocycles. The number of aliphatic carboxylic acids is 2. The zero-order valence-corrected chi connectivity index (χ0v) is 13.3. The van der Waals surface area contributed by atoms with Gasteiger partial charge in [0.05, 0.1) is 0 Å². The van der Waals surface area contributed by atoms with Gasteiger partial charge in [-0.1, -0.05) is 82.2 Å². The molecular formula is C18H28BaO4. The average Bonchev–Trinajstić information content (AvgIpc) is 2.50. The number of rotatable bonds is 11. The molecule has 0 unspecified atom stereocenters. The Morgan fingerprint density at radius 1 is 0.870 bits per heavy atom. The molecular weight excluding hydrogens is 418 g/mol. The van der Waals surface area contributed by atoms with Crippen LogP contribution in [0.4, 0.5) is 0 Å². The van der Waals surface area contributed by atoms with Gasteiger partial charge in [-0.3, -0.25) is 9.59 Å². The van der Waals surface area contributed by atoms with E-state index in [1.807, 2.05) is 0 Å². The van der Waals surface area contributed by atoms with Crippen LogP contribution in [0.5, 0.6) is 0 Å². The zero-order valence-electron chi connectivity index (χ0n) is 13.3. The summed E-state index contributed by atoms with van der Waals surface area (Å²) in [4.78, 5) is 23.4. The summed E-state index contributed by atoms with van der Waals surface area (Å²) >= 11 is 0. The van der Waals surface area contributed by atoms with Gasteiger partial charge in [0.25, 0.3) is 0 Å². The van der Waals surface area contributed by atoms with Gasteiger partial charge in [0, 0.05) is 0 Å². The van der Waals surface area contributed by atoms with E-state index in [-0.39, 0.29) is 55.3 Å². The third-order valence-electron chi connectivity index (χ3n) is 4.15. The Morgan fingerprint density at radius 3 is 1.83 bits per heavy atom. The van der Waals surface area contributed by atoms with E-state index in [9.17, 15) is 19.8 Å². The Kier molecular flexibility index (Phi) is 12.0. The van der Waals surface area contributed by atoms with Crippen molar-refractivity contribution in [2.24, 2.45) is 0 Å². The van der Waals surface area contributed by atoms with Crippen LogP contribution >= 0.6 is 0 Å². The van der Waals surface area contributed by atoms with Crippen molar-refractivity contribution < 1.29 is 19.8 Å². The molecule has 0 amide bonds. The van der Waals surface area contributed by atoms with E-state index >= 15 is 0 Å². The molecule has 1 aromatic rings. The van der Waals surface area contributed by atoms with Crippen molar-refractivity contribution in [1.82, 2.24) is 0 Å². The summed E-state index contributed by atoms with van der Waals surface area (Å²) in [6.45, 7) is 2.16. The van der Waals surface area contributed by atoms with Crippen LogP contribution in [0.15, 0.2) is 30.3 Å². The number of hydrogen-bond acceptors (Lipinski definition) is 2. The quantitative estimate of drug-likeness (QED) is 0.311. The van der Waals surface area contributed by atoms with E-state index < -0.39 is 17.4 Å². The molecule has 0 aliphatic carbocycles. The molecule has 4 nitrogen and oxygen atoms in total. The van der Waals surface area contributed by atoms with Gasteiger partial charge in [0.1, 0.15) is 0 Å². The van der Waals surface area contributed by atoms with E-state index in [1.54, 1.807) is 30.3 Å². The molecule has 0 aliphatic rings. The molecule has 23 heavy (non-hydrogen) atoms. The van der Waals surface area contributed by atoms with Gasteiger partial charge in [-0.05, 0) is 12.0 Å². The van der Waals surface area contributed by atoms with E-state index in [0.29, 0.717) is 12.0 Å². The molecule has 1 aromatic carbocycles. The molecule has 0 aliphatic heterocycles. The molecule has 0 saturated carbocycles. The van der Waals surface area contributed by atoms with Gasteiger partial charge < -0.3 is 10.2 Å². The number of carboxylic acids is 2. The van der Waals surface area contributed by atoms with Crippen LogP contribution in [-0.4, -0.2) is 71.0 Å². The van der Waals surface area contributed by atoms with Crippen LogP contribution in [-0.2, 0) is 15.0 Å². The van der Waals surface area contributed by atoms with Crippen LogP contribution < -0.4 is 0 Å². The average molecular weight is 446 g/mol. The SMILES string of the molecule is CCCCCCCCCC(C(=O)O)(C(=O)O)c1ccccc1.[BaH2]. The molecule has 0 saturated heterocycles. The van der Waals surface area contributed by atoms with Crippen LogP contribution in [0.3, 0.4) is 0 Å². The van der Waals surface area contributed by atoms with Crippen molar-refractivity contribution in [3.63, 3.8) is 0 Å². The summed E-state index contributed by atoms with van der Waals surface area (Å²) in [6, 6.07) is 8.29. The third-order valence-corrected chi connectivity index (χ3v) is 4.15. The Bertz CT molecular complexity index is 459. The van der Waals surface area contributed by atoms with Crippen LogP contribution in [0.25, 0.3) is 0 Å². The first-order chi connectivity index (χ1) is 10.6. The van der Waals surface area contributed by atoms with Crippen molar-refractivity contribution in [2.75, 3.05) is 0 Å². The van der Waals surface area contributed by atoms with Crippen molar-refractivity contribution in [1.29, 1.82) is 0 Å². The Hall–Kier alpha value is -0.269. The summed E-state index contributed by atoms with van der Waals surface area (Å²) in [6.07, 6.45) is 7.38. The van der Waals surface area contributed by atoms with E-state index in [0.717, 1.165) is 19.3 Å². The minimum absolute atomic E-state index is 0. The zero-order chi connectivity index (χ0) is 16.4. The first kappa shape index (κ1) is 22.7. The predicted octanol–water partition coefficient (Wildman–Crippen LogP) is 3.32. The summed E-state index contributed by atoms with van der Waals surface area (Å²) in [5.41, 5.74) is -1.48. The molecule has 126 valence electrons. The van der Waals surface area contributed by atoms with Gasteiger partial charge in [0.2, 0.25) is 0 Å². The third kappa shape index (κ3) is 6.63. The first-order valence-corrected chi connectivity index (χ1v) is 8.08. The van der Waals surface area contributed by atoms with Gasteiger partial charge in [-0.25, -0.2) is 0 Å². The van der Waals surface area contributed by atoms with Gasteiger partial charge >= 0.3 is 60.8 Å². The van der Waals surface area contributed by atoms with Crippen molar-refractivity contribution in [3.8, 4) is 0 Å². The number of hydrogen-bond donors (Lipinski definition) is 2. The second-order valence-electron chi connectivity index (χ2n) is 5.75. The molecule has 2 N–H and O–H groups in total. The monoisotopic (exact) mass is 446 g/mol. The number of carboxylic acid groups (broad SMARTS) is 2. The fraction of sp³-hybridized carbons (Fsp3) is 0.556. The predicted molar refractivity (Wildman–Crippen MR) is 94.5 cm³/mol. The Morgan fingerprint density at radius 2 is 1.35 bits per heavy atom. The summed E-state index contributed by atoms with van der Waals surface area (Å²) in [5, 5.41) is 19.1. The van der Waals surface area contributed by atoms with Gasteiger partial charge in [-0.2, -0.15) is 0 Å². The number of carbonyl (C=O) groups is 2. The summed E-state index contributed by atoms with van der Waals surface area (Å²) in [5.74, 6) is -2.56. The normalized spacial score (nSPS) is 10.8. The maximum atomic E-state index is 11.7. The minimum atomic E-state index is -1.83. The van der Waals surface area contributed by atoms with E-state index in [2.05, 4.69) is 6.92 Å².